The maximum Gasteiger partial charge on any atom is 0.123 e. The predicted molar refractivity (Wildman–Crippen MR) is 85.9 cm³/mol. The second-order valence-corrected chi connectivity index (χ2v) is 5.38. The Kier molecular flexibility index (Phi) is 5.23. The van der Waals surface area contributed by atoms with E-state index in [-0.39, 0.29) is 6.04 Å². The Labute approximate surface area is 126 Å². The Bertz CT molecular complexity index is 564. The Hall–Kier alpha value is -2.00. The van der Waals surface area contributed by atoms with Gasteiger partial charge in [-0.05, 0) is 29.7 Å². The predicted octanol–water partition coefficient (Wildman–Crippen LogP) is 3.90. The largest absolute Gasteiger partial charge is 0.496 e. The van der Waals surface area contributed by atoms with Gasteiger partial charge in [0.05, 0.1) is 13.2 Å². The van der Waals surface area contributed by atoms with Gasteiger partial charge in [0.1, 0.15) is 18.1 Å². The number of nitrogens with two attached hydrogens (primary N) is 1. The molecule has 2 N–H and O–H groups in total. The fraction of sp³-hybridized carbons (Fsp3) is 0.333. The summed E-state index contributed by atoms with van der Waals surface area (Å²) in [6.07, 6.45) is 0. The highest BCUT2D eigenvalue weighted by Crippen LogP contribution is 2.24. The van der Waals surface area contributed by atoms with Crippen LogP contribution in [0.3, 0.4) is 0 Å². The molecule has 2 aromatic carbocycles. The van der Waals surface area contributed by atoms with E-state index in [1.54, 1.807) is 7.11 Å². The molecule has 0 aliphatic rings. The standard InChI is InChI=1S/C18H23NO2/c1-13(2)14-8-10-15(11-9-14)21-12-17(19)16-6-4-5-7-18(16)20-3/h4-11,13,17H,12,19H2,1-3H3. The third-order valence-corrected chi connectivity index (χ3v) is 3.51. The van der Waals surface area contributed by atoms with Gasteiger partial charge in [-0.2, -0.15) is 0 Å². The second kappa shape index (κ2) is 7.14. The van der Waals surface area contributed by atoms with Gasteiger partial charge in [-0.3, -0.25) is 0 Å². The van der Waals surface area contributed by atoms with Crippen molar-refractivity contribution in [3.63, 3.8) is 0 Å². The van der Waals surface area contributed by atoms with Crippen molar-refractivity contribution in [1.29, 1.82) is 0 Å². The molecule has 0 heterocycles. The third-order valence-electron chi connectivity index (χ3n) is 3.51. The molecule has 0 saturated heterocycles. The van der Waals surface area contributed by atoms with Crippen molar-refractivity contribution in [2.75, 3.05) is 13.7 Å². The summed E-state index contributed by atoms with van der Waals surface area (Å²) in [4.78, 5) is 0. The van der Waals surface area contributed by atoms with Crippen molar-refractivity contribution in [2.24, 2.45) is 5.73 Å². The Morgan fingerprint density at radius 3 is 2.29 bits per heavy atom. The zero-order valence-corrected chi connectivity index (χ0v) is 12.9. The van der Waals surface area contributed by atoms with Gasteiger partial charge in [0.2, 0.25) is 0 Å². The molecule has 3 heteroatoms. The minimum absolute atomic E-state index is 0.217. The van der Waals surface area contributed by atoms with E-state index in [0.29, 0.717) is 12.5 Å². The summed E-state index contributed by atoms with van der Waals surface area (Å²) in [6, 6.07) is 15.7. The quantitative estimate of drug-likeness (QED) is 0.875. The summed E-state index contributed by atoms with van der Waals surface area (Å²) in [7, 11) is 1.65. The van der Waals surface area contributed by atoms with E-state index < -0.39 is 0 Å². The van der Waals surface area contributed by atoms with E-state index in [0.717, 1.165) is 17.1 Å². The molecule has 0 spiro atoms. The van der Waals surface area contributed by atoms with Crippen LogP contribution in [0.1, 0.15) is 36.9 Å². The molecule has 0 amide bonds. The second-order valence-electron chi connectivity index (χ2n) is 5.38. The molecule has 0 fully saturated rings. The van der Waals surface area contributed by atoms with Gasteiger partial charge < -0.3 is 15.2 Å². The first-order chi connectivity index (χ1) is 10.1. The van der Waals surface area contributed by atoms with Gasteiger partial charge in [0.25, 0.3) is 0 Å². The molecule has 0 aromatic heterocycles. The lowest BCUT2D eigenvalue weighted by Crippen LogP contribution is -2.19. The fourth-order valence-corrected chi connectivity index (χ4v) is 2.20. The molecule has 1 unspecified atom stereocenters. The van der Waals surface area contributed by atoms with Gasteiger partial charge in [-0.25, -0.2) is 0 Å². The molecule has 0 aliphatic carbocycles. The SMILES string of the molecule is COc1ccccc1C(N)COc1ccc(C(C)C)cc1. The first-order valence-electron chi connectivity index (χ1n) is 7.23. The molecular formula is C18H23NO2. The minimum atomic E-state index is -0.217. The van der Waals surface area contributed by atoms with Crippen molar-refractivity contribution in [3.05, 3.63) is 59.7 Å². The van der Waals surface area contributed by atoms with E-state index >= 15 is 0 Å². The highest BCUT2D eigenvalue weighted by Gasteiger charge is 2.12. The number of methoxy groups -OCH3 is 1. The Balaban J connectivity index is 1.99. The van der Waals surface area contributed by atoms with Gasteiger partial charge in [-0.15, -0.1) is 0 Å². The average Bonchev–Trinajstić information content (AvgIpc) is 2.52. The Morgan fingerprint density at radius 2 is 1.67 bits per heavy atom. The number of ether oxygens (including phenoxy) is 2. The molecule has 1 atom stereocenters. The topological polar surface area (TPSA) is 44.5 Å². The normalized spacial score (nSPS) is 12.2. The number of hydrogen-bond donors (Lipinski definition) is 1. The lowest BCUT2D eigenvalue weighted by atomic mass is 10.0. The molecule has 0 aliphatic heterocycles. The van der Waals surface area contributed by atoms with Crippen LogP contribution in [0.25, 0.3) is 0 Å². The maximum atomic E-state index is 6.19. The van der Waals surface area contributed by atoms with Crippen LogP contribution in [0.15, 0.2) is 48.5 Å². The fourth-order valence-electron chi connectivity index (χ4n) is 2.20. The van der Waals surface area contributed by atoms with Crippen molar-refractivity contribution in [3.8, 4) is 11.5 Å². The summed E-state index contributed by atoms with van der Waals surface area (Å²) in [5.41, 5.74) is 8.45. The number of para-hydroxylation sites is 1. The number of benzene rings is 2. The van der Waals surface area contributed by atoms with Crippen molar-refractivity contribution >= 4 is 0 Å². The highest BCUT2D eigenvalue weighted by molar-refractivity contribution is 5.36. The van der Waals surface area contributed by atoms with Crippen LogP contribution in [-0.4, -0.2) is 13.7 Å². The van der Waals surface area contributed by atoms with Gasteiger partial charge in [0, 0.05) is 5.56 Å². The molecule has 3 nitrogen and oxygen atoms in total. The smallest absolute Gasteiger partial charge is 0.123 e. The van der Waals surface area contributed by atoms with E-state index in [4.69, 9.17) is 15.2 Å². The molecular weight excluding hydrogens is 262 g/mol. The molecule has 0 saturated carbocycles. The van der Waals surface area contributed by atoms with Gasteiger partial charge in [0.15, 0.2) is 0 Å². The van der Waals surface area contributed by atoms with Crippen molar-refractivity contribution < 1.29 is 9.47 Å². The lowest BCUT2D eigenvalue weighted by molar-refractivity contribution is 0.286. The zero-order chi connectivity index (χ0) is 15.2. The molecule has 21 heavy (non-hydrogen) atoms. The van der Waals surface area contributed by atoms with Crippen LogP contribution in [0.4, 0.5) is 0 Å². The lowest BCUT2D eigenvalue weighted by Gasteiger charge is -2.16. The van der Waals surface area contributed by atoms with Crippen LogP contribution < -0.4 is 15.2 Å². The minimum Gasteiger partial charge on any atom is -0.496 e. The van der Waals surface area contributed by atoms with E-state index in [9.17, 15) is 0 Å². The summed E-state index contributed by atoms with van der Waals surface area (Å²) in [5, 5.41) is 0. The molecule has 0 bridgehead atoms. The summed E-state index contributed by atoms with van der Waals surface area (Å²) >= 11 is 0. The number of rotatable bonds is 6. The first kappa shape index (κ1) is 15.4. The molecule has 2 aromatic rings. The maximum absolute atomic E-state index is 6.19. The van der Waals surface area contributed by atoms with Crippen LogP contribution in [0.2, 0.25) is 0 Å². The van der Waals surface area contributed by atoms with E-state index in [1.807, 2.05) is 36.4 Å². The van der Waals surface area contributed by atoms with Crippen molar-refractivity contribution in [1.82, 2.24) is 0 Å². The first-order valence-corrected chi connectivity index (χ1v) is 7.23. The van der Waals surface area contributed by atoms with Crippen LogP contribution in [-0.2, 0) is 0 Å². The van der Waals surface area contributed by atoms with E-state index in [1.165, 1.54) is 5.56 Å². The van der Waals surface area contributed by atoms with Crippen molar-refractivity contribution in [2.45, 2.75) is 25.8 Å². The zero-order valence-electron chi connectivity index (χ0n) is 12.9. The highest BCUT2D eigenvalue weighted by atomic mass is 16.5. The van der Waals surface area contributed by atoms with Gasteiger partial charge >= 0.3 is 0 Å². The van der Waals surface area contributed by atoms with Crippen LogP contribution in [0, 0.1) is 0 Å². The summed E-state index contributed by atoms with van der Waals surface area (Å²) in [5.74, 6) is 2.16. The Morgan fingerprint density at radius 1 is 1.00 bits per heavy atom. The molecule has 2 rings (SSSR count). The van der Waals surface area contributed by atoms with Crippen LogP contribution in [0.5, 0.6) is 11.5 Å². The molecule has 0 radical (unpaired) electrons. The number of hydrogen-bond acceptors (Lipinski definition) is 3. The van der Waals surface area contributed by atoms with Gasteiger partial charge in [-0.1, -0.05) is 44.2 Å². The summed E-state index contributed by atoms with van der Waals surface area (Å²) < 4.78 is 11.1. The average molecular weight is 285 g/mol. The monoisotopic (exact) mass is 285 g/mol. The third kappa shape index (κ3) is 3.99. The summed E-state index contributed by atoms with van der Waals surface area (Å²) in [6.45, 7) is 4.77. The van der Waals surface area contributed by atoms with E-state index in [2.05, 4.69) is 26.0 Å². The molecule has 112 valence electrons. The van der Waals surface area contributed by atoms with Crippen LogP contribution >= 0.6 is 0 Å².